The Kier molecular flexibility index (Phi) is 6.01. The molecule has 0 spiro atoms. The topological polar surface area (TPSA) is 85.8 Å². The summed E-state index contributed by atoms with van der Waals surface area (Å²) in [4.78, 5) is 16.7. The minimum Gasteiger partial charge on any atom is -0.469 e. The van der Waals surface area contributed by atoms with Crippen molar-refractivity contribution in [1.29, 1.82) is 0 Å². The summed E-state index contributed by atoms with van der Waals surface area (Å²) in [6, 6.07) is 12.0. The molecule has 4 rings (SSSR count). The van der Waals surface area contributed by atoms with Gasteiger partial charge in [-0.05, 0) is 32.4 Å². The Labute approximate surface area is 182 Å². The summed E-state index contributed by atoms with van der Waals surface area (Å²) in [5.41, 5.74) is 2.91. The molecule has 1 amide bonds. The third-order valence-electron chi connectivity index (χ3n) is 4.63. The van der Waals surface area contributed by atoms with Crippen LogP contribution in [0, 0.1) is 13.8 Å². The van der Waals surface area contributed by atoms with Crippen LogP contribution in [0.15, 0.2) is 57.6 Å². The maximum Gasteiger partial charge on any atom is 0.236 e. The molecule has 0 radical (unpaired) electrons. The van der Waals surface area contributed by atoms with Gasteiger partial charge in [-0.25, -0.2) is 4.98 Å². The van der Waals surface area contributed by atoms with Gasteiger partial charge in [-0.15, -0.1) is 21.5 Å². The van der Waals surface area contributed by atoms with Crippen molar-refractivity contribution in [3.63, 3.8) is 0 Å². The highest BCUT2D eigenvalue weighted by molar-refractivity contribution is 7.99. The maximum absolute atomic E-state index is 12.4. The molecule has 1 atom stereocenters. The minimum atomic E-state index is -0.127. The van der Waals surface area contributed by atoms with E-state index >= 15 is 0 Å². The van der Waals surface area contributed by atoms with Crippen LogP contribution in [-0.2, 0) is 4.79 Å². The van der Waals surface area contributed by atoms with Gasteiger partial charge in [0.15, 0.2) is 16.1 Å². The van der Waals surface area contributed by atoms with Crippen LogP contribution in [0.4, 0.5) is 5.13 Å². The van der Waals surface area contributed by atoms with E-state index in [-0.39, 0.29) is 17.7 Å². The zero-order valence-corrected chi connectivity index (χ0v) is 18.5. The van der Waals surface area contributed by atoms with E-state index in [2.05, 4.69) is 44.1 Å². The molecular formula is C21H21N5O2S2. The Morgan fingerprint density at radius 2 is 2.03 bits per heavy atom. The number of hydrogen-bond donors (Lipinski definition) is 1. The molecule has 3 heterocycles. The van der Waals surface area contributed by atoms with Crippen molar-refractivity contribution in [2.75, 3.05) is 11.1 Å². The Balaban J connectivity index is 1.60. The van der Waals surface area contributed by atoms with Gasteiger partial charge in [-0.3, -0.25) is 9.36 Å². The second-order valence-corrected chi connectivity index (χ2v) is 8.58. The van der Waals surface area contributed by atoms with Crippen LogP contribution in [-0.4, -0.2) is 31.4 Å². The molecule has 0 aliphatic carbocycles. The number of benzene rings is 1. The number of amides is 1. The second kappa shape index (κ2) is 8.85. The predicted octanol–water partition coefficient (Wildman–Crippen LogP) is 4.95. The molecular weight excluding hydrogens is 418 g/mol. The van der Waals surface area contributed by atoms with Crippen molar-refractivity contribution in [2.24, 2.45) is 0 Å². The number of thiazole rings is 1. The van der Waals surface area contributed by atoms with Crippen LogP contribution < -0.4 is 5.32 Å². The van der Waals surface area contributed by atoms with Gasteiger partial charge in [-0.1, -0.05) is 42.1 Å². The molecule has 0 saturated heterocycles. The molecule has 1 aromatic carbocycles. The highest BCUT2D eigenvalue weighted by Gasteiger charge is 2.23. The van der Waals surface area contributed by atoms with Gasteiger partial charge < -0.3 is 9.73 Å². The summed E-state index contributed by atoms with van der Waals surface area (Å²) in [6.45, 7) is 5.89. The molecule has 9 heteroatoms. The van der Waals surface area contributed by atoms with Crippen molar-refractivity contribution in [1.82, 2.24) is 19.7 Å². The van der Waals surface area contributed by atoms with Crippen molar-refractivity contribution in [2.45, 2.75) is 32.0 Å². The highest BCUT2D eigenvalue weighted by atomic mass is 32.2. The number of carbonyl (C=O) groups is 1. The molecule has 0 unspecified atom stereocenters. The van der Waals surface area contributed by atoms with Gasteiger partial charge in [0, 0.05) is 5.38 Å². The van der Waals surface area contributed by atoms with E-state index in [4.69, 9.17) is 4.42 Å². The maximum atomic E-state index is 12.4. The first-order valence-corrected chi connectivity index (χ1v) is 11.3. The fourth-order valence-corrected chi connectivity index (χ4v) is 4.62. The molecule has 154 valence electrons. The number of carbonyl (C=O) groups excluding carboxylic acids is 1. The number of rotatable bonds is 7. The van der Waals surface area contributed by atoms with Gasteiger partial charge in [0.25, 0.3) is 0 Å². The zero-order chi connectivity index (χ0) is 21.1. The van der Waals surface area contributed by atoms with E-state index in [9.17, 15) is 4.79 Å². The van der Waals surface area contributed by atoms with Crippen LogP contribution in [0.3, 0.4) is 0 Å². The van der Waals surface area contributed by atoms with Crippen LogP contribution in [0.1, 0.15) is 30.0 Å². The average Bonchev–Trinajstić information content (AvgIpc) is 3.46. The van der Waals surface area contributed by atoms with E-state index in [1.165, 1.54) is 23.1 Å². The lowest BCUT2D eigenvalue weighted by Gasteiger charge is -2.18. The van der Waals surface area contributed by atoms with Gasteiger partial charge in [0.1, 0.15) is 5.76 Å². The number of furan rings is 1. The lowest BCUT2D eigenvalue weighted by atomic mass is 10.1. The third-order valence-corrected chi connectivity index (χ3v) is 6.45. The highest BCUT2D eigenvalue weighted by Crippen LogP contribution is 2.32. The largest absolute Gasteiger partial charge is 0.469 e. The molecule has 3 aromatic heterocycles. The van der Waals surface area contributed by atoms with Crippen LogP contribution >= 0.6 is 23.1 Å². The normalized spacial score (nSPS) is 12.1. The quantitative estimate of drug-likeness (QED) is 0.410. The fourth-order valence-electron chi connectivity index (χ4n) is 3.10. The molecule has 0 bridgehead atoms. The standard InChI is InChI=1S/C21H21N5O2S2/c1-13-11-29-20(22-13)23-18(27)12-30-21-25-24-19(17-9-10-28-15(17)3)26(21)14(2)16-7-5-4-6-8-16/h4-11,14H,12H2,1-3H3,(H,22,23,27)/t14-/m0/s1. The van der Waals surface area contributed by atoms with E-state index in [0.717, 1.165) is 28.4 Å². The summed E-state index contributed by atoms with van der Waals surface area (Å²) < 4.78 is 7.53. The Morgan fingerprint density at radius 1 is 1.23 bits per heavy atom. The van der Waals surface area contributed by atoms with Gasteiger partial charge in [-0.2, -0.15) is 0 Å². The zero-order valence-electron chi connectivity index (χ0n) is 16.8. The molecule has 0 saturated carbocycles. The van der Waals surface area contributed by atoms with E-state index in [1.807, 2.05) is 43.5 Å². The Bertz CT molecular complexity index is 1150. The number of aryl methyl sites for hydroxylation is 2. The van der Waals surface area contributed by atoms with Crippen molar-refractivity contribution in [3.8, 4) is 11.4 Å². The Morgan fingerprint density at radius 3 is 2.70 bits per heavy atom. The molecule has 7 nitrogen and oxygen atoms in total. The van der Waals surface area contributed by atoms with Crippen LogP contribution in [0.5, 0.6) is 0 Å². The first-order valence-electron chi connectivity index (χ1n) is 9.42. The molecule has 1 N–H and O–H groups in total. The molecule has 4 aromatic rings. The van der Waals surface area contributed by atoms with E-state index in [1.54, 1.807) is 6.26 Å². The first kappa shape index (κ1) is 20.4. The minimum absolute atomic E-state index is 0.0160. The molecule has 0 aliphatic heterocycles. The van der Waals surface area contributed by atoms with Gasteiger partial charge in [0.2, 0.25) is 5.91 Å². The van der Waals surface area contributed by atoms with Crippen molar-refractivity contribution in [3.05, 3.63) is 65.1 Å². The molecule has 0 fully saturated rings. The molecule has 30 heavy (non-hydrogen) atoms. The van der Waals surface area contributed by atoms with Crippen molar-refractivity contribution >= 4 is 34.1 Å². The van der Waals surface area contributed by atoms with Gasteiger partial charge in [0.05, 0.1) is 29.3 Å². The lowest BCUT2D eigenvalue weighted by molar-refractivity contribution is -0.113. The third kappa shape index (κ3) is 4.31. The fraction of sp³-hybridized carbons (Fsp3) is 0.238. The monoisotopic (exact) mass is 439 g/mol. The number of anilines is 1. The number of nitrogens with one attached hydrogen (secondary N) is 1. The van der Waals surface area contributed by atoms with Crippen molar-refractivity contribution < 1.29 is 9.21 Å². The number of nitrogens with zero attached hydrogens (tertiary/aromatic N) is 4. The van der Waals surface area contributed by atoms with E-state index in [0.29, 0.717) is 10.3 Å². The number of thioether (sulfide) groups is 1. The van der Waals surface area contributed by atoms with Crippen LogP contribution in [0.2, 0.25) is 0 Å². The summed E-state index contributed by atoms with van der Waals surface area (Å²) in [5.74, 6) is 1.58. The summed E-state index contributed by atoms with van der Waals surface area (Å²) in [7, 11) is 0. The number of hydrogen-bond acceptors (Lipinski definition) is 7. The first-order chi connectivity index (χ1) is 14.5. The van der Waals surface area contributed by atoms with E-state index < -0.39 is 0 Å². The predicted molar refractivity (Wildman–Crippen MR) is 119 cm³/mol. The Hall–Kier alpha value is -2.91. The van der Waals surface area contributed by atoms with Gasteiger partial charge >= 0.3 is 0 Å². The molecule has 0 aliphatic rings. The smallest absolute Gasteiger partial charge is 0.236 e. The summed E-state index contributed by atoms with van der Waals surface area (Å²) >= 11 is 2.76. The lowest BCUT2D eigenvalue weighted by Crippen LogP contribution is -2.15. The average molecular weight is 440 g/mol. The second-order valence-electron chi connectivity index (χ2n) is 6.78. The SMILES string of the molecule is Cc1csc(NC(=O)CSc2nnc(-c3ccoc3C)n2[C@@H](C)c2ccccc2)n1. The number of aromatic nitrogens is 4. The summed E-state index contributed by atoms with van der Waals surface area (Å²) in [5, 5.41) is 14.8. The van der Waals surface area contributed by atoms with Crippen LogP contribution in [0.25, 0.3) is 11.4 Å². The summed E-state index contributed by atoms with van der Waals surface area (Å²) in [6.07, 6.45) is 1.65.